The van der Waals surface area contributed by atoms with Crippen molar-refractivity contribution in [3.63, 3.8) is 0 Å². The van der Waals surface area contributed by atoms with Gasteiger partial charge in [-0.15, -0.1) is 0 Å². The monoisotopic (exact) mass is 381 g/mol. The molecule has 2 fully saturated rings. The van der Waals surface area contributed by atoms with Crippen LogP contribution in [0.3, 0.4) is 0 Å². The van der Waals surface area contributed by atoms with Crippen molar-refractivity contribution >= 4 is 21.9 Å². The summed E-state index contributed by atoms with van der Waals surface area (Å²) in [7, 11) is -1.84. The van der Waals surface area contributed by atoms with Gasteiger partial charge < -0.3 is 10.4 Å². The number of aromatic carboxylic acids is 1. The van der Waals surface area contributed by atoms with Crippen LogP contribution in [-0.2, 0) is 14.8 Å². The van der Waals surface area contributed by atoms with Gasteiger partial charge in [0.1, 0.15) is 0 Å². The molecule has 3 rings (SSSR count). The number of piperazine rings is 1. The third kappa shape index (κ3) is 3.46. The molecule has 0 aromatic heterocycles. The average Bonchev–Trinajstić information content (AvgIpc) is 2.80. The topological polar surface area (TPSA) is 107 Å². The van der Waals surface area contributed by atoms with Gasteiger partial charge in [-0.05, 0) is 38.1 Å². The van der Waals surface area contributed by atoms with Crippen LogP contribution in [0.2, 0.25) is 0 Å². The minimum atomic E-state index is -3.80. The summed E-state index contributed by atoms with van der Waals surface area (Å²) in [5.41, 5.74) is -0.450. The number of hydrogen-bond acceptors (Lipinski definition) is 5. The SMILES string of the molecule is CN1CCN(S(=O)(=O)c2cccc(C(=O)O)c2)CC12CCNC(=O)CC2. The lowest BCUT2D eigenvalue weighted by Crippen LogP contribution is -2.62. The molecule has 2 aliphatic heterocycles. The van der Waals surface area contributed by atoms with E-state index in [-0.39, 0.29) is 22.9 Å². The zero-order valence-electron chi connectivity index (χ0n) is 14.6. The van der Waals surface area contributed by atoms with Crippen molar-refractivity contribution in [3.05, 3.63) is 29.8 Å². The molecule has 9 heteroatoms. The molecule has 1 amide bonds. The van der Waals surface area contributed by atoms with Crippen molar-refractivity contribution < 1.29 is 23.1 Å². The van der Waals surface area contributed by atoms with Crippen LogP contribution in [0.5, 0.6) is 0 Å². The smallest absolute Gasteiger partial charge is 0.335 e. The number of nitrogens with zero attached hydrogens (tertiary/aromatic N) is 2. The lowest BCUT2D eigenvalue weighted by Gasteiger charge is -2.48. The Bertz CT molecular complexity index is 825. The van der Waals surface area contributed by atoms with E-state index in [1.165, 1.54) is 28.6 Å². The first-order chi connectivity index (χ1) is 12.2. The Hall–Kier alpha value is -1.97. The highest BCUT2D eigenvalue weighted by molar-refractivity contribution is 7.89. The van der Waals surface area contributed by atoms with Crippen molar-refractivity contribution in [2.75, 3.05) is 33.2 Å². The Morgan fingerprint density at radius 3 is 2.77 bits per heavy atom. The van der Waals surface area contributed by atoms with Crippen molar-refractivity contribution in [2.45, 2.75) is 29.7 Å². The van der Waals surface area contributed by atoms with Crippen LogP contribution < -0.4 is 5.32 Å². The zero-order chi connectivity index (χ0) is 18.9. The number of carbonyl (C=O) groups excluding carboxylic acids is 1. The summed E-state index contributed by atoms with van der Waals surface area (Å²) in [6, 6.07) is 5.43. The molecule has 26 heavy (non-hydrogen) atoms. The summed E-state index contributed by atoms with van der Waals surface area (Å²) in [4.78, 5) is 25.0. The molecule has 1 atom stereocenters. The van der Waals surface area contributed by atoms with E-state index >= 15 is 0 Å². The van der Waals surface area contributed by atoms with Crippen LogP contribution in [0.15, 0.2) is 29.2 Å². The van der Waals surface area contributed by atoms with Crippen LogP contribution in [0.1, 0.15) is 29.6 Å². The number of likely N-dealkylation sites (N-methyl/N-ethyl adjacent to an activating group) is 1. The van der Waals surface area contributed by atoms with Crippen molar-refractivity contribution in [3.8, 4) is 0 Å². The molecule has 1 unspecified atom stereocenters. The fourth-order valence-electron chi connectivity index (χ4n) is 3.70. The molecule has 8 nitrogen and oxygen atoms in total. The van der Waals surface area contributed by atoms with Gasteiger partial charge in [0, 0.05) is 38.1 Å². The Morgan fingerprint density at radius 2 is 2.04 bits per heavy atom. The maximum Gasteiger partial charge on any atom is 0.335 e. The summed E-state index contributed by atoms with van der Waals surface area (Å²) in [6.07, 6.45) is 1.64. The lowest BCUT2D eigenvalue weighted by atomic mass is 9.87. The van der Waals surface area contributed by atoms with Crippen LogP contribution in [0, 0.1) is 0 Å². The largest absolute Gasteiger partial charge is 0.478 e. The maximum atomic E-state index is 13.1. The highest BCUT2D eigenvalue weighted by atomic mass is 32.2. The quantitative estimate of drug-likeness (QED) is 0.783. The van der Waals surface area contributed by atoms with Crippen molar-refractivity contribution in [1.29, 1.82) is 0 Å². The first kappa shape index (κ1) is 18.8. The molecule has 1 aromatic carbocycles. The summed E-state index contributed by atoms with van der Waals surface area (Å²) in [6.45, 7) is 1.70. The van der Waals surface area contributed by atoms with E-state index < -0.39 is 21.5 Å². The van der Waals surface area contributed by atoms with E-state index in [0.29, 0.717) is 38.9 Å². The van der Waals surface area contributed by atoms with E-state index in [1.807, 2.05) is 7.05 Å². The number of carboxylic acid groups (broad SMARTS) is 1. The molecule has 1 spiro atoms. The van der Waals surface area contributed by atoms with Gasteiger partial charge in [0.15, 0.2) is 0 Å². The Kier molecular flexibility index (Phi) is 5.05. The fourth-order valence-corrected chi connectivity index (χ4v) is 5.26. The first-order valence-corrected chi connectivity index (χ1v) is 10.0. The maximum absolute atomic E-state index is 13.1. The van der Waals surface area contributed by atoms with Gasteiger partial charge in [-0.3, -0.25) is 9.69 Å². The van der Waals surface area contributed by atoms with E-state index in [2.05, 4.69) is 10.2 Å². The second-order valence-corrected chi connectivity index (χ2v) is 8.86. The van der Waals surface area contributed by atoms with Crippen LogP contribution in [0.4, 0.5) is 0 Å². The summed E-state index contributed by atoms with van der Waals surface area (Å²) in [5.74, 6) is -1.17. The van der Waals surface area contributed by atoms with Gasteiger partial charge in [0.05, 0.1) is 10.5 Å². The Balaban J connectivity index is 1.90. The minimum absolute atomic E-state index is 0.00980. The molecular formula is C17H23N3O5S. The molecule has 2 N–H and O–H groups in total. The fraction of sp³-hybridized carbons (Fsp3) is 0.529. The van der Waals surface area contributed by atoms with Gasteiger partial charge >= 0.3 is 5.97 Å². The molecule has 0 aliphatic carbocycles. The number of rotatable bonds is 3. The Labute approximate surface area is 152 Å². The molecule has 0 bridgehead atoms. The average molecular weight is 381 g/mol. The minimum Gasteiger partial charge on any atom is -0.478 e. The van der Waals surface area contributed by atoms with Gasteiger partial charge in [0.25, 0.3) is 0 Å². The van der Waals surface area contributed by atoms with Gasteiger partial charge in [-0.25, -0.2) is 13.2 Å². The molecule has 0 saturated carbocycles. The third-order valence-electron chi connectivity index (χ3n) is 5.41. The summed E-state index contributed by atoms with van der Waals surface area (Å²) < 4.78 is 27.6. The number of carbonyl (C=O) groups is 2. The highest BCUT2D eigenvalue weighted by Crippen LogP contribution is 2.32. The number of benzene rings is 1. The molecule has 1 aromatic rings. The van der Waals surface area contributed by atoms with E-state index in [9.17, 15) is 18.0 Å². The Morgan fingerprint density at radius 1 is 1.27 bits per heavy atom. The lowest BCUT2D eigenvalue weighted by molar-refractivity contribution is -0.121. The van der Waals surface area contributed by atoms with E-state index in [1.54, 1.807) is 0 Å². The van der Waals surface area contributed by atoms with E-state index in [0.717, 1.165) is 0 Å². The van der Waals surface area contributed by atoms with Crippen molar-refractivity contribution in [2.24, 2.45) is 0 Å². The summed E-state index contributed by atoms with van der Waals surface area (Å²) >= 11 is 0. The highest BCUT2D eigenvalue weighted by Gasteiger charge is 2.44. The van der Waals surface area contributed by atoms with Gasteiger partial charge in [-0.1, -0.05) is 6.07 Å². The van der Waals surface area contributed by atoms with Gasteiger partial charge in [-0.2, -0.15) is 4.31 Å². The summed E-state index contributed by atoms with van der Waals surface area (Å²) in [5, 5.41) is 12.0. The molecular weight excluding hydrogens is 358 g/mol. The number of amides is 1. The van der Waals surface area contributed by atoms with Gasteiger partial charge in [0.2, 0.25) is 15.9 Å². The van der Waals surface area contributed by atoms with E-state index in [4.69, 9.17) is 5.11 Å². The molecule has 0 radical (unpaired) electrons. The number of carboxylic acids is 1. The molecule has 2 aliphatic rings. The molecule has 142 valence electrons. The normalized spacial score (nSPS) is 25.7. The van der Waals surface area contributed by atoms with Crippen molar-refractivity contribution in [1.82, 2.24) is 14.5 Å². The number of sulfonamides is 1. The standard InChI is InChI=1S/C17H23N3O5S/c1-19-9-10-20(12-17(19)6-5-15(21)18-8-7-17)26(24,25)14-4-2-3-13(11-14)16(22)23/h2-4,11H,5-10,12H2,1H3,(H,18,21)(H,22,23). The second kappa shape index (κ2) is 6.98. The number of hydrogen-bond donors (Lipinski definition) is 2. The van der Waals surface area contributed by atoms with Crippen LogP contribution in [-0.4, -0.2) is 73.4 Å². The van der Waals surface area contributed by atoms with Crippen LogP contribution in [0.25, 0.3) is 0 Å². The third-order valence-corrected chi connectivity index (χ3v) is 7.26. The zero-order valence-corrected chi connectivity index (χ0v) is 15.5. The van der Waals surface area contributed by atoms with Crippen LogP contribution >= 0.6 is 0 Å². The number of nitrogens with one attached hydrogen (secondary N) is 1. The molecule has 2 saturated heterocycles. The molecule has 2 heterocycles. The predicted molar refractivity (Wildman–Crippen MR) is 94.4 cm³/mol. The predicted octanol–water partition coefficient (Wildman–Crippen LogP) is 0.360. The second-order valence-electron chi connectivity index (χ2n) is 6.92. The first-order valence-electron chi connectivity index (χ1n) is 8.56.